The molecular weight excluding hydrogens is 343 g/mol. The summed E-state index contributed by atoms with van der Waals surface area (Å²) in [5, 5.41) is 0. The summed E-state index contributed by atoms with van der Waals surface area (Å²) in [7, 11) is 0. The molecule has 0 atom stereocenters. The number of hydrogen-bond acceptors (Lipinski definition) is 3. The van der Waals surface area contributed by atoms with Crippen molar-refractivity contribution in [1.29, 1.82) is 0 Å². The van der Waals surface area contributed by atoms with Crippen molar-refractivity contribution in [2.24, 2.45) is 5.92 Å². The standard InChI is InChI=1S/C13H19IN2O2/c1-8(2)7-10-11(14)13(17)16-12(15-10)9-3-5-18-6-4-9/h8-9H,3-7H2,1-2H3,(H,15,16,17). The van der Waals surface area contributed by atoms with Gasteiger partial charge in [-0.15, -0.1) is 0 Å². The Morgan fingerprint density at radius 1 is 1.44 bits per heavy atom. The third kappa shape index (κ3) is 3.32. The van der Waals surface area contributed by atoms with Gasteiger partial charge in [0, 0.05) is 19.1 Å². The van der Waals surface area contributed by atoms with Gasteiger partial charge in [0.2, 0.25) is 0 Å². The maximum Gasteiger partial charge on any atom is 0.264 e. The molecule has 1 aromatic rings. The summed E-state index contributed by atoms with van der Waals surface area (Å²) in [6.07, 6.45) is 2.76. The van der Waals surface area contributed by atoms with Gasteiger partial charge >= 0.3 is 0 Å². The third-order valence-electron chi connectivity index (χ3n) is 3.16. The lowest BCUT2D eigenvalue weighted by atomic mass is 9.99. The molecule has 2 rings (SSSR count). The highest BCUT2D eigenvalue weighted by Gasteiger charge is 2.20. The topological polar surface area (TPSA) is 55.0 Å². The van der Waals surface area contributed by atoms with Gasteiger partial charge < -0.3 is 9.72 Å². The quantitative estimate of drug-likeness (QED) is 0.841. The van der Waals surface area contributed by atoms with E-state index in [0.29, 0.717) is 11.8 Å². The molecule has 0 aromatic carbocycles. The van der Waals surface area contributed by atoms with Gasteiger partial charge in [-0.05, 0) is 47.8 Å². The van der Waals surface area contributed by atoms with Crippen molar-refractivity contribution in [2.45, 2.75) is 39.0 Å². The lowest BCUT2D eigenvalue weighted by Crippen LogP contribution is -2.24. The zero-order valence-electron chi connectivity index (χ0n) is 10.8. The van der Waals surface area contributed by atoms with Gasteiger partial charge in [0.15, 0.2) is 0 Å². The van der Waals surface area contributed by atoms with E-state index < -0.39 is 0 Å². The van der Waals surface area contributed by atoms with Crippen LogP contribution in [0.3, 0.4) is 0 Å². The van der Waals surface area contributed by atoms with Gasteiger partial charge in [-0.2, -0.15) is 0 Å². The fourth-order valence-electron chi connectivity index (χ4n) is 2.21. The maximum absolute atomic E-state index is 12.0. The number of hydrogen-bond donors (Lipinski definition) is 1. The molecule has 0 bridgehead atoms. The highest BCUT2D eigenvalue weighted by Crippen LogP contribution is 2.24. The molecule has 1 aliphatic rings. The van der Waals surface area contributed by atoms with Crippen LogP contribution in [-0.4, -0.2) is 23.2 Å². The van der Waals surface area contributed by atoms with E-state index in [4.69, 9.17) is 4.74 Å². The van der Waals surface area contributed by atoms with Crippen molar-refractivity contribution in [3.8, 4) is 0 Å². The monoisotopic (exact) mass is 362 g/mol. The molecule has 0 aliphatic carbocycles. The summed E-state index contributed by atoms with van der Waals surface area (Å²) in [4.78, 5) is 19.6. The van der Waals surface area contributed by atoms with E-state index in [9.17, 15) is 4.79 Å². The van der Waals surface area contributed by atoms with E-state index in [0.717, 1.165) is 47.6 Å². The molecular formula is C13H19IN2O2. The molecule has 1 fully saturated rings. The number of aromatic nitrogens is 2. The van der Waals surface area contributed by atoms with Crippen LogP contribution in [0.15, 0.2) is 4.79 Å². The summed E-state index contributed by atoms with van der Waals surface area (Å²) in [5.41, 5.74) is 0.943. The van der Waals surface area contributed by atoms with Crippen LogP contribution < -0.4 is 5.56 Å². The number of nitrogens with one attached hydrogen (secondary N) is 1. The predicted molar refractivity (Wildman–Crippen MR) is 78.9 cm³/mol. The molecule has 100 valence electrons. The van der Waals surface area contributed by atoms with Crippen LogP contribution in [0.2, 0.25) is 0 Å². The summed E-state index contributed by atoms with van der Waals surface area (Å²) in [6.45, 7) is 5.82. The second-order valence-corrected chi connectivity index (χ2v) is 6.28. The fraction of sp³-hybridized carbons (Fsp3) is 0.692. The third-order valence-corrected chi connectivity index (χ3v) is 4.27. The first kappa shape index (κ1) is 14.0. The van der Waals surface area contributed by atoms with E-state index in [1.54, 1.807) is 0 Å². The molecule has 5 heteroatoms. The van der Waals surface area contributed by atoms with Gasteiger partial charge in [-0.1, -0.05) is 13.8 Å². The minimum atomic E-state index is 0.00254. The Morgan fingerprint density at radius 3 is 2.72 bits per heavy atom. The molecule has 0 unspecified atom stereocenters. The number of H-pyrrole nitrogens is 1. The van der Waals surface area contributed by atoms with E-state index in [2.05, 4.69) is 46.4 Å². The van der Waals surface area contributed by atoms with Crippen LogP contribution in [0.25, 0.3) is 0 Å². The average molecular weight is 362 g/mol. The molecule has 2 heterocycles. The molecule has 18 heavy (non-hydrogen) atoms. The number of ether oxygens (including phenoxy) is 1. The van der Waals surface area contributed by atoms with Gasteiger partial charge in [-0.3, -0.25) is 4.79 Å². The van der Waals surface area contributed by atoms with E-state index in [-0.39, 0.29) is 5.56 Å². The summed E-state index contributed by atoms with van der Waals surface area (Å²) >= 11 is 2.09. The van der Waals surface area contributed by atoms with Crippen LogP contribution in [-0.2, 0) is 11.2 Å². The van der Waals surface area contributed by atoms with E-state index in [1.165, 1.54) is 0 Å². The Morgan fingerprint density at radius 2 is 2.11 bits per heavy atom. The Labute approximate surface area is 121 Å². The first-order valence-electron chi connectivity index (χ1n) is 6.44. The van der Waals surface area contributed by atoms with Crippen molar-refractivity contribution in [3.05, 3.63) is 25.4 Å². The maximum atomic E-state index is 12.0. The molecule has 0 spiro atoms. The number of halogens is 1. The number of aromatic amines is 1. The van der Waals surface area contributed by atoms with E-state index in [1.807, 2.05) is 0 Å². The van der Waals surface area contributed by atoms with Crippen LogP contribution in [0.5, 0.6) is 0 Å². The molecule has 1 aromatic heterocycles. The zero-order chi connectivity index (χ0) is 13.1. The zero-order valence-corrected chi connectivity index (χ0v) is 13.0. The van der Waals surface area contributed by atoms with Gasteiger partial charge in [0.1, 0.15) is 5.82 Å². The van der Waals surface area contributed by atoms with Crippen LogP contribution in [0.4, 0.5) is 0 Å². The molecule has 1 aliphatic heterocycles. The SMILES string of the molecule is CC(C)Cc1nc(C2CCOCC2)[nH]c(=O)c1I. The Hall–Kier alpha value is -0.430. The Kier molecular flexibility index (Phi) is 4.77. The number of rotatable bonds is 3. The van der Waals surface area contributed by atoms with Crippen LogP contribution in [0, 0.1) is 9.49 Å². The lowest BCUT2D eigenvalue weighted by molar-refractivity contribution is 0.0834. The summed E-state index contributed by atoms with van der Waals surface area (Å²) in [6, 6.07) is 0. The second kappa shape index (κ2) is 6.14. The van der Waals surface area contributed by atoms with Crippen molar-refractivity contribution in [1.82, 2.24) is 9.97 Å². The van der Waals surface area contributed by atoms with Crippen molar-refractivity contribution in [3.63, 3.8) is 0 Å². The molecule has 1 N–H and O–H groups in total. The van der Waals surface area contributed by atoms with Crippen LogP contribution in [0.1, 0.15) is 44.1 Å². The van der Waals surface area contributed by atoms with Crippen molar-refractivity contribution >= 4 is 22.6 Å². The van der Waals surface area contributed by atoms with Gasteiger partial charge in [0.05, 0.1) is 9.26 Å². The van der Waals surface area contributed by atoms with Crippen molar-refractivity contribution < 1.29 is 4.74 Å². The summed E-state index contributed by atoms with van der Waals surface area (Å²) < 4.78 is 6.08. The summed E-state index contributed by atoms with van der Waals surface area (Å²) in [5.74, 6) is 1.70. The Balaban J connectivity index is 2.30. The highest BCUT2D eigenvalue weighted by atomic mass is 127. The van der Waals surface area contributed by atoms with Gasteiger partial charge in [0.25, 0.3) is 5.56 Å². The first-order valence-corrected chi connectivity index (χ1v) is 7.52. The minimum Gasteiger partial charge on any atom is -0.381 e. The molecule has 0 amide bonds. The fourth-order valence-corrected chi connectivity index (χ4v) is 2.69. The number of nitrogens with zero attached hydrogens (tertiary/aromatic N) is 1. The minimum absolute atomic E-state index is 0.00254. The van der Waals surface area contributed by atoms with Crippen LogP contribution >= 0.6 is 22.6 Å². The van der Waals surface area contributed by atoms with Gasteiger partial charge in [-0.25, -0.2) is 4.98 Å². The highest BCUT2D eigenvalue weighted by molar-refractivity contribution is 14.1. The predicted octanol–water partition coefficient (Wildman–Crippen LogP) is 2.47. The average Bonchev–Trinajstić information content (AvgIpc) is 2.35. The smallest absolute Gasteiger partial charge is 0.264 e. The molecule has 1 saturated heterocycles. The van der Waals surface area contributed by atoms with E-state index >= 15 is 0 Å². The first-order chi connectivity index (χ1) is 8.58. The van der Waals surface area contributed by atoms with Crippen molar-refractivity contribution in [2.75, 3.05) is 13.2 Å². The largest absolute Gasteiger partial charge is 0.381 e. The lowest BCUT2D eigenvalue weighted by Gasteiger charge is -2.21. The molecule has 0 saturated carbocycles. The normalized spacial score (nSPS) is 17.3. The molecule has 4 nitrogen and oxygen atoms in total. The second-order valence-electron chi connectivity index (χ2n) is 5.20. The Bertz CT molecular complexity index is 465. The molecule has 0 radical (unpaired) electrons.